The fourth-order valence-corrected chi connectivity index (χ4v) is 3.49. The van der Waals surface area contributed by atoms with Gasteiger partial charge in [-0.2, -0.15) is 5.10 Å². The third-order valence-corrected chi connectivity index (χ3v) is 4.80. The van der Waals surface area contributed by atoms with Crippen molar-refractivity contribution < 1.29 is 9.50 Å². The normalized spacial score (nSPS) is 19.0. The molecule has 3 aromatic rings. The molecule has 2 aromatic heterocycles. The van der Waals surface area contributed by atoms with E-state index in [1.54, 1.807) is 35.6 Å². The smallest absolute Gasteiger partial charge is 0.245 e. The first kappa shape index (κ1) is 21.9. The SMILES string of the molecule is CC(C)(C)NC1CN(c2ncc(-c3ccc(-c4cn[nH]c4)cc3O)nn2)CC1F.Cl. The molecule has 8 nitrogen and oxygen atoms in total. The number of rotatable bonds is 4. The second kappa shape index (κ2) is 8.53. The van der Waals surface area contributed by atoms with Crippen LogP contribution in [0.25, 0.3) is 22.4 Å². The second-order valence-corrected chi connectivity index (χ2v) is 8.28. The lowest BCUT2D eigenvalue weighted by molar-refractivity contribution is 0.257. The van der Waals surface area contributed by atoms with E-state index in [9.17, 15) is 9.50 Å². The Labute approximate surface area is 180 Å². The molecule has 160 valence electrons. The molecule has 30 heavy (non-hydrogen) atoms. The summed E-state index contributed by atoms with van der Waals surface area (Å²) in [6.07, 6.45) is 3.98. The van der Waals surface area contributed by atoms with Gasteiger partial charge in [0.2, 0.25) is 5.95 Å². The number of nitrogens with one attached hydrogen (secondary N) is 2. The second-order valence-electron chi connectivity index (χ2n) is 8.28. The summed E-state index contributed by atoms with van der Waals surface area (Å²) in [5, 5.41) is 28.7. The van der Waals surface area contributed by atoms with E-state index in [2.05, 4.69) is 30.7 Å². The molecule has 0 spiro atoms. The van der Waals surface area contributed by atoms with Crippen LogP contribution < -0.4 is 10.2 Å². The number of aromatic amines is 1. The molecule has 0 amide bonds. The minimum absolute atomic E-state index is 0. The number of hydrogen-bond donors (Lipinski definition) is 3. The van der Waals surface area contributed by atoms with Crippen LogP contribution in [-0.2, 0) is 0 Å². The highest BCUT2D eigenvalue weighted by atomic mass is 35.5. The quantitative estimate of drug-likeness (QED) is 0.581. The summed E-state index contributed by atoms with van der Waals surface area (Å²) in [7, 11) is 0. The van der Waals surface area contributed by atoms with Crippen LogP contribution in [0.15, 0.2) is 36.8 Å². The number of phenolic OH excluding ortho intramolecular Hbond substituents is 1. The predicted octanol–water partition coefficient (Wildman–Crippen LogP) is 2.97. The Balaban J connectivity index is 0.00000256. The predicted molar refractivity (Wildman–Crippen MR) is 116 cm³/mol. The number of hydrogen-bond acceptors (Lipinski definition) is 7. The summed E-state index contributed by atoms with van der Waals surface area (Å²) in [6.45, 7) is 6.74. The third kappa shape index (κ3) is 4.68. The first-order chi connectivity index (χ1) is 13.8. The molecule has 1 aliphatic rings. The number of halogens is 2. The number of H-pyrrole nitrogens is 1. The van der Waals surface area contributed by atoms with Crippen LogP contribution in [0.3, 0.4) is 0 Å². The van der Waals surface area contributed by atoms with E-state index in [0.717, 1.165) is 11.1 Å². The molecule has 1 aromatic carbocycles. The van der Waals surface area contributed by atoms with Crippen LogP contribution in [0.1, 0.15) is 20.8 Å². The zero-order chi connectivity index (χ0) is 20.6. The summed E-state index contributed by atoms with van der Waals surface area (Å²) in [5.41, 5.74) is 2.51. The molecular weight excluding hydrogens is 409 g/mol. The van der Waals surface area contributed by atoms with Gasteiger partial charge in [0.05, 0.1) is 25.0 Å². The van der Waals surface area contributed by atoms with Crippen LogP contribution in [-0.4, -0.2) is 61.3 Å². The number of alkyl halides is 1. The van der Waals surface area contributed by atoms with Crippen molar-refractivity contribution >= 4 is 18.4 Å². The highest BCUT2D eigenvalue weighted by Gasteiger charge is 2.36. The van der Waals surface area contributed by atoms with Gasteiger partial charge in [0.15, 0.2) is 0 Å². The van der Waals surface area contributed by atoms with Crippen molar-refractivity contribution in [2.75, 3.05) is 18.0 Å². The molecule has 10 heteroatoms. The Morgan fingerprint density at radius 3 is 2.57 bits per heavy atom. The van der Waals surface area contributed by atoms with Gasteiger partial charge in [0.25, 0.3) is 0 Å². The molecule has 3 N–H and O–H groups in total. The number of nitrogens with zero attached hydrogens (tertiary/aromatic N) is 5. The van der Waals surface area contributed by atoms with E-state index < -0.39 is 6.17 Å². The molecule has 1 fully saturated rings. The summed E-state index contributed by atoms with van der Waals surface area (Å²) in [4.78, 5) is 6.13. The van der Waals surface area contributed by atoms with E-state index >= 15 is 0 Å². The molecular formula is C20H25ClFN7O. The zero-order valence-electron chi connectivity index (χ0n) is 17.0. The van der Waals surface area contributed by atoms with Crippen molar-refractivity contribution in [1.29, 1.82) is 0 Å². The van der Waals surface area contributed by atoms with Crippen LogP contribution in [0.2, 0.25) is 0 Å². The molecule has 2 unspecified atom stereocenters. The fourth-order valence-electron chi connectivity index (χ4n) is 3.49. The molecule has 0 aliphatic carbocycles. The first-order valence-electron chi connectivity index (χ1n) is 9.49. The van der Waals surface area contributed by atoms with Crippen LogP contribution in [0.4, 0.5) is 10.3 Å². The maximum atomic E-state index is 14.4. The Morgan fingerprint density at radius 2 is 1.97 bits per heavy atom. The van der Waals surface area contributed by atoms with Crippen LogP contribution >= 0.6 is 12.4 Å². The number of anilines is 1. The van der Waals surface area contributed by atoms with E-state index in [-0.39, 0.29) is 36.3 Å². The van der Waals surface area contributed by atoms with E-state index in [0.29, 0.717) is 23.8 Å². The molecule has 1 aliphatic heterocycles. The Hall–Kier alpha value is -2.78. The van der Waals surface area contributed by atoms with Gasteiger partial charge in [-0.3, -0.25) is 5.10 Å². The van der Waals surface area contributed by atoms with E-state index in [4.69, 9.17) is 0 Å². The Bertz CT molecular complexity index is 976. The van der Waals surface area contributed by atoms with Gasteiger partial charge in [-0.05, 0) is 38.5 Å². The molecule has 1 saturated heterocycles. The average molecular weight is 434 g/mol. The van der Waals surface area contributed by atoms with Gasteiger partial charge in [-0.25, -0.2) is 9.37 Å². The molecule has 4 rings (SSSR count). The molecule has 3 heterocycles. The Morgan fingerprint density at radius 1 is 1.17 bits per heavy atom. The van der Waals surface area contributed by atoms with Gasteiger partial charge >= 0.3 is 0 Å². The van der Waals surface area contributed by atoms with Crippen molar-refractivity contribution in [3.63, 3.8) is 0 Å². The number of aromatic nitrogens is 5. The van der Waals surface area contributed by atoms with E-state index in [1.807, 2.05) is 26.8 Å². The number of phenols is 1. The van der Waals surface area contributed by atoms with Crippen molar-refractivity contribution in [3.8, 4) is 28.1 Å². The molecule has 0 radical (unpaired) electrons. The number of aromatic hydroxyl groups is 1. The van der Waals surface area contributed by atoms with Crippen molar-refractivity contribution in [2.24, 2.45) is 0 Å². The summed E-state index contributed by atoms with van der Waals surface area (Å²) in [5.74, 6) is 0.455. The Kier molecular flexibility index (Phi) is 6.23. The van der Waals surface area contributed by atoms with Crippen molar-refractivity contribution in [2.45, 2.75) is 38.5 Å². The molecule has 2 atom stereocenters. The first-order valence-corrected chi connectivity index (χ1v) is 9.49. The van der Waals surface area contributed by atoms with Gasteiger partial charge in [0, 0.05) is 29.4 Å². The highest BCUT2D eigenvalue weighted by molar-refractivity contribution is 5.85. The summed E-state index contributed by atoms with van der Waals surface area (Å²) >= 11 is 0. The van der Waals surface area contributed by atoms with Crippen LogP contribution in [0, 0.1) is 0 Å². The standard InChI is InChI=1S/C20H24FN7O.ClH/c1-20(2,3)25-17-11-28(10-15(17)21)19-22-9-16(26-27-19)14-5-4-12(6-18(14)29)13-7-23-24-8-13;/h4-9,15,17,25,29H,10-11H2,1-3H3,(H,23,24);1H. The van der Waals surface area contributed by atoms with Gasteiger partial charge in [0.1, 0.15) is 17.6 Å². The zero-order valence-corrected chi connectivity index (χ0v) is 17.8. The topological polar surface area (TPSA) is 103 Å². The van der Waals surface area contributed by atoms with Crippen molar-refractivity contribution in [1.82, 2.24) is 30.7 Å². The minimum atomic E-state index is -1.00. The van der Waals surface area contributed by atoms with Gasteiger partial charge in [-0.1, -0.05) is 6.07 Å². The van der Waals surface area contributed by atoms with E-state index in [1.165, 1.54) is 0 Å². The van der Waals surface area contributed by atoms with Crippen LogP contribution in [0.5, 0.6) is 5.75 Å². The van der Waals surface area contributed by atoms with Gasteiger partial charge < -0.3 is 15.3 Å². The summed E-state index contributed by atoms with van der Waals surface area (Å²) in [6, 6.07) is 5.00. The molecule has 0 saturated carbocycles. The maximum Gasteiger partial charge on any atom is 0.245 e. The third-order valence-electron chi connectivity index (χ3n) is 4.80. The monoisotopic (exact) mass is 433 g/mol. The van der Waals surface area contributed by atoms with Crippen molar-refractivity contribution in [3.05, 3.63) is 36.8 Å². The fraction of sp³-hybridized carbons (Fsp3) is 0.400. The summed E-state index contributed by atoms with van der Waals surface area (Å²) < 4.78 is 14.4. The number of benzene rings is 1. The average Bonchev–Trinajstić information content (AvgIpc) is 3.31. The highest BCUT2D eigenvalue weighted by Crippen LogP contribution is 2.32. The molecule has 0 bridgehead atoms. The lowest BCUT2D eigenvalue weighted by atomic mass is 10.0. The largest absolute Gasteiger partial charge is 0.507 e. The van der Waals surface area contributed by atoms with Gasteiger partial charge in [-0.15, -0.1) is 22.6 Å². The lowest BCUT2D eigenvalue weighted by Crippen LogP contribution is -2.48. The minimum Gasteiger partial charge on any atom is -0.507 e. The lowest BCUT2D eigenvalue weighted by Gasteiger charge is -2.26. The maximum absolute atomic E-state index is 14.4.